The van der Waals surface area contributed by atoms with Gasteiger partial charge in [0.15, 0.2) is 5.58 Å². The number of nitrogens with zero attached hydrogens (tertiary/aromatic N) is 3. The zero-order valence-electron chi connectivity index (χ0n) is 27.4. The van der Waals surface area contributed by atoms with E-state index >= 15 is 0 Å². The molecule has 0 saturated heterocycles. The molecule has 5 nitrogen and oxygen atoms in total. The molecular formula is C46H29N3O2. The topological polar surface area (TPSA) is 64.1 Å². The van der Waals surface area contributed by atoms with E-state index in [2.05, 4.69) is 108 Å². The van der Waals surface area contributed by atoms with Crippen LogP contribution in [0.4, 0.5) is 0 Å². The Kier molecular flexibility index (Phi) is 6.58. The highest BCUT2D eigenvalue weighted by Crippen LogP contribution is 2.41. The maximum Gasteiger partial charge on any atom is 0.153 e. The quantitative estimate of drug-likeness (QED) is 0.200. The predicted octanol–water partition coefficient (Wildman–Crippen LogP) is 11.8. The van der Waals surface area contributed by atoms with E-state index in [1.807, 2.05) is 60.8 Å². The maximum absolute atomic E-state index is 11.0. The number of hydrogen-bond acceptors (Lipinski definition) is 4. The number of phenolic OH excluding ortho intramolecular Hbond substituents is 1. The molecule has 0 bridgehead atoms. The normalized spacial score (nSPS) is 11.6. The second-order valence-corrected chi connectivity index (χ2v) is 12.8. The Morgan fingerprint density at radius 1 is 0.529 bits per heavy atom. The molecule has 1 N–H and O–H groups in total. The Balaban J connectivity index is 1.21. The third kappa shape index (κ3) is 4.78. The highest BCUT2D eigenvalue weighted by Gasteiger charge is 2.20. The van der Waals surface area contributed by atoms with E-state index < -0.39 is 0 Å². The maximum atomic E-state index is 11.0. The standard InChI is InChI=1S/C46H29N3O2/c50-42-21-10-9-18-38(42)46-48-44-35(19-11-20-41(44)49(46)34-15-5-2-6-16-34)32-24-31(29-12-3-1-4-13-29)25-33(26-32)40-27-39-37-23-22-30-14-7-8-17-36(30)45(37)51-43(39)28-47-40/h1-28,50H. The molecular weight excluding hydrogens is 627 g/mol. The van der Waals surface area contributed by atoms with Crippen molar-refractivity contribution < 1.29 is 9.52 Å². The molecule has 5 heteroatoms. The summed E-state index contributed by atoms with van der Waals surface area (Å²) in [7, 11) is 0. The molecule has 10 rings (SSSR count). The van der Waals surface area contributed by atoms with Gasteiger partial charge in [0.1, 0.15) is 17.2 Å². The van der Waals surface area contributed by atoms with Crippen LogP contribution in [0.3, 0.4) is 0 Å². The second kappa shape index (κ2) is 11.6. The fraction of sp³-hybridized carbons (Fsp3) is 0. The largest absolute Gasteiger partial charge is 0.507 e. The lowest BCUT2D eigenvalue weighted by Gasteiger charge is -2.12. The van der Waals surface area contributed by atoms with Gasteiger partial charge in [-0.2, -0.15) is 0 Å². The molecule has 0 aliphatic rings. The summed E-state index contributed by atoms with van der Waals surface area (Å²) < 4.78 is 8.52. The van der Waals surface area contributed by atoms with Gasteiger partial charge in [-0.3, -0.25) is 9.55 Å². The van der Waals surface area contributed by atoms with Gasteiger partial charge in [0.25, 0.3) is 0 Å². The average molecular weight is 656 g/mol. The molecule has 0 fully saturated rings. The number of aromatic hydroxyl groups is 1. The first kappa shape index (κ1) is 29.0. The van der Waals surface area contributed by atoms with Crippen LogP contribution in [0.25, 0.3) is 94.3 Å². The van der Waals surface area contributed by atoms with Gasteiger partial charge < -0.3 is 9.52 Å². The molecule has 0 aliphatic heterocycles. The molecule has 3 heterocycles. The summed E-state index contributed by atoms with van der Waals surface area (Å²) in [5, 5.41) is 15.3. The fourth-order valence-corrected chi connectivity index (χ4v) is 7.31. The van der Waals surface area contributed by atoms with Crippen LogP contribution in [-0.2, 0) is 0 Å². The Hall–Kier alpha value is -6.98. The Morgan fingerprint density at radius 3 is 2.12 bits per heavy atom. The minimum atomic E-state index is 0.182. The summed E-state index contributed by atoms with van der Waals surface area (Å²) in [6.07, 6.45) is 1.84. The summed E-state index contributed by atoms with van der Waals surface area (Å²) in [4.78, 5) is 10.2. The first-order valence-electron chi connectivity index (χ1n) is 17.0. The van der Waals surface area contributed by atoms with Gasteiger partial charge in [0.05, 0.1) is 28.5 Å². The Labute approximate surface area is 293 Å². The molecule has 0 amide bonds. The van der Waals surface area contributed by atoms with Crippen molar-refractivity contribution in [3.8, 4) is 56.3 Å². The van der Waals surface area contributed by atoms with Crippen LogP contribution in [0.15, 0.2) is 174 Å². The molecule has 240 valence electrons. The van der Waals surface area contributed by atoms with Crippen molar-refractivity contribution in [1.29, 1.82) is 0 Å². The van der Waals surface area contributed by atoms with Gasteiger partial charge >= 0.3 is 0 Å². The lowest BCUT2D eigenvalue weighted by atomic mass is 9.94. The van der Waals surface area contributed by atoms with Crippen LogP contribution >= 0.6 is 0 Å². The highest BCUT2D eigenvalue weighted by atomic mass is 16.3. The van der Waals surface area contributed by atoms with Crippen LogP contribution in [0.1, 0.15) is 0 Å². The van der Waals surface area contributed by atoms with Crippen LogP contribution in [0, 0.1) is 0 Å². The minimum absolute atomic E-state index is 0.182. The van der Waals surface area contributed by atoms with Gasteiger partial charge in [-0.15, -0.1) is 0 Å². The molecule has 10 aromatic rings. The summed E-state index contributed by atoms with van der Waals surface area (Å²) >= 11 is 0. The molecule has 0 atom stereocenters. The number of pyridine rings is 1. The van der Waals surface area contributed by atoms with Crippen molar-refractivity contribution in [3.05, 3.63) is 170 Å². The molecule has 3 aromatic heterocycles. The minimum Gasteiger partial charge on any atom is -0.507 e. The van der Waals surface area contributed by atoms with Crippen LogP contribution in [-0.4, -0.2) is 19.6 Å². The smallest absolute Gasteiger partial charge is 0.153 e. The Morgan fingerprint density at radius 2 is 1.25 bits per heavy atom. The third-order valence-electron chi connectivity index (χ3n) is 9.74. The number of imidazole rings is 1. The number of para-hydroxylation sites is 3. The van der Waals surface area contributed by atoms with Gasteiger partial charge in [-0.05, 0) is 82.7 Å². The van der Waals surface area contributed by atoms with Crippen LogP contribution in [0.2, 0.25) is 0 Å². The number of aromatic nitrogens is 3. The van der Waals surface area contributed by atoms with Gasteiger partial charge in [-0.1, -0.05) is 103 Å². The lowest BCUT2D eigenvalue weighted by molar-refractivity contribution is 0.477. The fourth-order valence-electron chi connectivity index (χ4n) is 7.31. The predicted molar refractivity (Wildman–Crippen MR) is 207 cm³/mol. The molecule has 0 unspecified atom stereocenters. The molecule has 7 aromatic carbocycles. The number of hydrogen-bond donors (Lipinski definition) is 1. The van der Waals surface area contributed by atoms with Crippen molar-refractivity contribution in [2.75, 3.05) is 0 Å². The molecule has 0 radical (unpaired) electrons. The first-order valence-corrected chi connectivity index (χ1v) is 17.0. The average Bonchev–Trinajstić information content (AvgIpc) is 3.77. The van der Waals surface area contributed by atoms with E-state index in [4.69, 9.17) is 14.4 Å². The first-order chi connectivity index (χ1) is 25.2. The number of fused-ring (bicyclic) bond motifs is 6. The number of furan rings is 1. The van der Waals surface area contributed by atoms with E-state index in [1.165, 1.54) is 0 Å². The second-order valence-electron chi connectivity index (χ2n) is 12.8. The molecule has 0 spiro atoms. The summed E-state index contributed by atoms with van der Waals surface area (Å²) in [6.45, 7) is 0. The number of phenols is 1. The zero-order chi connectivity index (χ0) is 33.9. The summed E-state index contributed by atoms with van der Waals surface area (Å²) in [5.74, 6) is 0.855. The number of benzene rings is 7. The highest BCUT2D eigenvalue weighted by molar-refractivity contribution is 6.15. The SMILES string of the molecule is Oc1ccccc1-c1nc2c(-c3cc(-c4ccccc4)cc(-c4cc5c(cn4)oc4c6ccccc6ccc54)c3)cccc2n1-c1ccccc1. The zero-order valence-corrected chi connectivity index (χ0v) is 27.4. The molecule has 0 aliphatic carbocycles. The Bertz CT molecular complexity index is 2920. The van der Waals surface area contributed by atoms with Gasteiger partial charge in [0, 0.05) is 33.0 Å². The van der Waals surface area contributed by atoms with Crippen molar-refractivity contribution >= 4 is 43.7 Å². The monoisotopic (exact) mass is 655 g/mol. The van der Waals surface area contributed by atoms with Crippen molar-refractivity contribution in [3.63, 3.8) is 0 Å². The van der Waals surface area contributed by atoms with Crippen LogP contribution < -0.4 is 0 Å². The van der Waals surface area contributed by atoms with E-state index in [0.717, 1.165) is 82.9 Å². The van der Waals surface area contributed by atoms with Crippen molar-refractivity contribution in [2.24, 2.45) is 0 Å². The van der Waals surface area contributed by atoms with Gasteiger partial charge in [-0.25, -0.2) is 4.98 Å². The van der Waals surface area contributed by atoms with E-state index in [9.17, 15) is 5.11 Å². The molecule has 0 saturated carbocycles. The van der Waals surface area contributed by atoms with Gasteiger partial charge in [0.2, 0.25) is 0 Å². The van der Waals surface area contributed by atoms with Crippen molar-refractivity contribution in [1.82, 2.24) is 14.5 Å². The lowest BCUT2D eigenvalue weighted by Crippen LogP contribution is -1.97. The van der Waals surface area contributed by atoms with E-state index in [-0.39, 0.29) is 5.75 Å². The van der Waals surface area contributed by atoms with E-state index in [0.29, 0.717) is 11.4 Å². The van der Waals surface area contributed by atoms with Crippen LogP contribution in [0.5, 0.6) is 5.75 Å². The molecule has 51 heavy (non-hydrogen) atoms. The summed E-state index contributed by atoms with van der Waals surface area (Å²) in [6, 6.07) is 55.7. The summed E-state index contributed by atoms with van der Waals surface area (Å²) in [5.41, 5.74) is 11.1. The number of rotatable bonds is 5. The van der Waals surface area contributed by atoms with Crippen molar-refractivity contribution in [2.45, 2.75) is 0 Å². The van der Waals surface area contributed by atoms with E-state index in [1.54, 1.807) is 6.07 Å². The third-order valence-corrected chi connectivity index (χ3v) is 9.74.